The van der Waals surface area contributed by atoms with Crippen LogP contribution in [0, 0.1) is 11.6 Å². The topological polar surface area (TPSA) is 72.5 Å². The number of halogens is 2. The molecule has 0 fully saturated rings. The van der Waals surface area contributed by atoms with Crippen molar-refractivity contribution < 1.29 is 23.4 Å². The maximum Gasteiger partial charge on any atom is 0.305 e. The number of rotatable bonds is 4. The zero-order valence-corrected chi connectivity index (χ0v) is 8.54. The Morgan fingerprint density at radius 1 is 1.50 bits per heavy atom. The molecule has 0 amide bonds. The van der Waals surface area contributed by atoms with Crippen LogP contribution in [-0.2, 0) is 4.79 Å². The minimum absolute atomic E-state index is 0.180. The van der Waals surface area contributed by atoms with Crippen LogP contribution in [0.4, 0.5) is 8.78 Å². The van der Waals surface area contributed by atoms with Gasteiger partial charge in [0.1, 0.15) is 5.82 Å². The first-order valence-corrected chi connectivity index (χ1v) is 4.46. The highest BCUT2D eigenvalue weighted by Gasteiger charge is 2.18. The molecular weight excluding hydrogens is 220 g/mol. The van der Waals surface area contributed by atoms with E-state index in [9.17, 15) is 13.6 Å². The Hall–Kier alpha value is -1.69. The number of carbonyl (C=O) groups is 1. The van der Waals surface area contributed by atoms with E-state index in [2.05, 4.69) is 4.74 Å². The third-order valence-corrected chi connectivity index (χ3v) is 2.07. The zero-order chi connectivity index (χ0) is 12.3. The normalized spacial score (nSPS) is 12.2. The van der Waals surface area contributed by atoms with Gasteiger partial charge in [0, 0.05) is 17.7 Å². The fourth-order valence-electron chi connectivity index (χ4n) is 1.28. The summed E-state index contributed by atoms with van der Waals surface area (Å²) in [6, 6.07) is 0.603. The van der Waals surface area contributed by atoms with Crippen molar-refractivity contribution in [3.05, 3.63) is 29.3 Å². The molecule has 0 saturated heterocycles. The quantitative estimate of drug-likeness (QED) is 0.822. The number of nitrogens with two attached hydrogens (primary N) is 1. The molecule has 0 aliphatic rings. The monoisotopic (exact) mass is 231 g/mol. The van der Waals surface area contributed by atoms with Crippen LogP contribution in [0.3, 0.4) is 0 Å². The maximum atomic E-state index is 13.4. The van der Waals surface area contributed by atoms with Crippen LogP contribution >= 0.6 is 0 Å². The molecule has 16 heavy (non-hydrogen) atoms. The van der Waals surface area contributed by atoms with Crippen LogP contribution in [0.5, 0.6) is 5.75 Å². The van der Waals surface area contributed by atoms with Gasteiger partial charge in [0.15, 0.2) is 11.6 Å². The van der Waals surface area contributed by atoms with Crippen molar-refractivity contribution in [2.45, 2.75) is 12.5 Å². The van der Waals surface area contributed by atoms with E-state index in [1.165, 1.54) is 7.11 Å². The van der Waals surface area contributed by atoms with Gasteiger partial charge in [-0.2, -0.15) is 0 Å². The molecule has 88 valence electrons. The summed E-state index contributed by atoms with van der Waals surface area (Å²) in [6.07, 6.45) is -0.470. The highest BCUT2D eigenvalue weighted by molar-refractivity contribution is 5.67. The number of hydrogen-bond acceptors (Lipinski definition) is 3. The highest BCUT2D eigenvalue weighted by atomic mass is 19.1. The summed E-state index contributed by atoms with van der Waals surface area (Å²) in [5.74, 6) is -2.99. The van der Waals surface area contributed by atoms with E-state index in [-0.39, 0.29) is 11.3 Å². The molecule has 0 aromatic heterocycles. The summed E-state index contributed by atoms with van der Waals surface area (Å²) in [7, 11) is 1.20. The molecule has 3 N–H and O–H groups in total. The van der Waals surface area contributed by atoms with E-state index < -0.39 is 30.1 Å². The molecule has 1 aromatic carbocycles. The van der Waals surface area contributed by atoms with Crippen LogP contribution in [-0.4, -0.2) is 18.2 Å². The molecule has 0 bridgehead atoms. The molecule has 0 aliphatic heterocycles. The van der Waals surface area contributed by atoms with Gasteiger partial charge in [0.25, 0.3) is 0 Å². The minimum atomic E-state index is -1.18. The second-order valence-corrected chi connectivity index (χ2v) is 3.21. The van der Waals surface area contributed by atoms with Crippen LogP contribution < -0.4 is 10.5 Å². The zero-order valence-electron chi connectivity index (χ0n) is 8.54. The number of methoxy groups -OCH3 is 1. The van der Waals surface area contributed by atoms with E-state index in [0.717, 1.165) is 12.1 Å². The van der Waals surface area contributed by atoms with Gasteiger partial charge in [-0.1, -0.05) is 0 Å². The lowest BCUT2D eigenvalue weighted by atomic mass is 10.0. The van der Waals surface area contributed by atoms with Crippen molar-refractivity contribution in [3.63, 3.8) is 0 Å². The van der Waals surface area contributed by atoms with Gasteiger partial charge >= 0.3 is 5.97 Å². The van der Waals surface area contributed by atoms with Gasteiger partial charge in [0.05, 0.1) is 13.5 Å². The Balaban J connectivity index is 3.05. The summed E-state index contributed by atoms with van der Waals surface area (Å²) in [6.45, 7) is 0. The number of aliphatic carboxylic acids is 1. The molecule has 4 nitrogen and oxygen atoms in total. The largest absolute Gasteiger partial charge is 0.494 e. The molecule has 1 rings (SSSR count). The molecule has 6 heteroatoms. The molecule has 0 saturated carbocycles. The van der Waals surface area contributed by atoms with Crippen molar-refractivity contribution in [2.24, 2.45) is 5.73 Å². The number of benzene rings is 1. The summed E-state index contributed by atoms with van der Waals surface area (Å²) < 4.78 is 31.2. The molecule has 0 unspecified atom stereocenters. The third-order valence-electron chi connectivity index (χ3n) is 2.07. The number of ether oxygens (including phenoxy) is 1. The van der Waals surface area contributed by atoms with Crippen molar-refractivity contribution in [1.82, 2.24) is 0 Å². The number of hydrogen-bond donors (Lipinski definition) is 2. The highest BCUT2D eigenvalue weighted by Crippen LogP contribution is 2.25. The van der Waals surface area contributed by atoms with E-state index in [1.807, 2.05) is 0 Å². The molecule has 0 spiro atoms. The molecular formula is C10H11F2NO3. The lowest BCUT2D eigenvalue weighted by Gasteiger charge is -2.12. The van der Waals surface area contributed by atoms with Gasteiger partial charge in [-0.3, -0.25) is 4.79 Å². The first-order valence-electron chi connectivity index (χ1n) is 4.46. The van der Waals surface area contributed by atoms with Gasteiger partial charge in [-0.25, -0.2) is 8.78 Å². The predicted octanol–water partition coefficient (Wildman–Crippen LogP) is 1.45. The van der Waals surface area contributed by atoms with E-state index >= 15 is 0 Å². The Bertz CT molecular complexity index is 409. The number of carboxylic acid groups (broad SMARTS) is 1. The fourth-order valence-corrected chi connectivity index (χ4v) is 1.28. The maximum absolute atomic E-state index is 13.4. The number of carboxylic acids is 1. The minimum Gasteiger partial charge on any atom is -0.494 e. The van der Waals surface area contributed by atoms with Crippen molar-refractivity contribution in [3.8, 4) is 5.75 Å². The second-order valence-electron chi connectivity index (χ2n) is 3.21. The molecule has 0 aliphatic carbocycles. The molecule has 0 heterocycles. The summed E-state index contributed by atoms with van der Waals surface area (Å²) in [4.78, 5) is 10.4. The first-order chi connectivity index (χ1) is 7.45. The summed E-state index contributed by atoms with van der Waals surface area (Å²) in [5.41, 5.74) is 5.25. The Morgan fingerprint density at radius 3 is 2.62 bits per heavy atom. The van der Waals surface area contributed by atoms with Gasteiger partial charge < -0.3 is 15.6 Å². The molecule has 1 aromatic rings. The van der Waals surface area contributed by atoms with Crippen molar-refractivity contribution in [1.29, 1.82) is 0 Å². The summed E-state index contributed by atoms with van der Waals surface area (Å²) in [5, 5.41) is 8.49. The lowest BCUT2D eigenvalue weighted by Crippen LogP contribution is -2.16. The van der Waals surface area contributed by atoms with Crippen LogP contribution in [0.15, 0.2) is 12.1 Å². The van der Waals surface area contributed by atoms with E-state index in [1.54, 1.807) is 0 Å². The third kappa shape index (κ3) is 2.66. The Kier molecular flexibility index (Phi) is 3.78. The van der Waals surface area contributed by atoms with Crippen LogP contribution in [0.25, 0.3) is 0 Å². The average molecular weight is 231 g/mol. The lowest BCUT2D eigenvalue weighted by molar-refractivity contribution is -0.137. The van der Waals surface area contributed by atoms with Gasteiger partial charge in [-0.15, -0.1) is 0 Å². The second kappa shape index (κ2) is 4.89. The Morgan fingerprint density at radius 2 is 2.12 bits per heavy atom. The van der Waals surface area contributed by atoms with Gasteiger partial charge in [0.2, 0.25) is 0 Å². The Labute approximate surface area is 90.6 Å². The summed E-state index contributed by atoms with van der Waals surface area (Å²) >= 11 is 0. The van der Waals surface area contributed by atoms with Crippen LogP contribution in [0.1, 0.15) is 18.0 Å². The van der Waals surface area contributed by atoms with Crippen molar-refractivity contribution >= 4 is 5.97 Å². The average Bonchev–Trinajstić information content (AvgIpc) is 2.19. The molecule has 0 radical (unpaired) electrons. The van der Waals surface area contributed by atoms with E-state index in [0.29, 0.717) is 0 Å². The van der Waals surface area contributed by atoms with Gasteiger partial charge in [-0.05, 0) is 6.07 Å². The van der Waals surface area contributed by atoms with Crippen LogP contribution in [0.2, 0.25) is 0 Å². The SMILES string of the molecule is COc1cc(F)c([C@H](N)CC(=O)O)cc1F. The van der Waals surface area contributed by atoms with Crippen molar-refractivity contribution in [2.75, 3.05) is 7.11 Å². The smallest absolute Gasteiger partial charge is 0.305 e. The first kappa shape index (κ1) is 12.4. The fraction of sp³-hybridized carbons (Fsp3) is 0.300. The molecule has 1 atom stereocenters. The standard InChI is InChI=1S/C10H11F2NO3/c1-16-9-3-6(11)5(2-7(9)12)8(13)4-10(14)15/h2-3,8H,4,13H2,1H3,(H,14,15)/t8-/m1/s1. The van der Waals surface area contributed by atoms with E-state index in [4.69, 9.17) is 10.8 Å². The predicted molar refractivity (Wildman–Crippen MR) is 52.1 cm³/mol.